The Morgan fingerprint density at radius 3 is 2.63 bits per heavy atom. The first kappa shape index (κ1) is 16.0. The number of phenolic OH excluding ortho intramolecular Hbond substituents is 3. The summed E-state index contributed by atoms with van der Waals surface area (Å²) in [6.45, 7) is 0. The van der Waals surface area contributed by atoms with Crippen molar-refractivity contribution in [3.8, 4) is 23.0 Å². The number of ether oxygens (including phenoxy) is 1. The van der Waals surface area contributed by atoms with E-state index in [1.54, 1.807) is 17.4 Å². The number of benzene rings is 2. The van der Waals surface area contributed by atoms with Gasteiger partial charge in [0.05, 0.1) is 22.2 Å². The highest BCUT2D eigenvalue weighted by atomic mass is 32.1. The first-order valence-corrected chi connectivity index (χ1v) is 9.40. The lowest BCUT2D eigenvalue weighted by Crippen LogP contribution is -2.33. The molecule has 27 heavy (non-hydrogen) atoms. The van der Waals surface area contributed by atoms with E-state index >= 15 is 0 Å². The highest BCUT2D eigenvalue weighted by Crippen LogP contribution is 2.50. The lowest BCUT2D eigenvalue weighted by molar-refractivity contribution is -0.0205. The third kappa shape index (κ3) is 2.43. The normalized spacial score (nSPS) is 20.6. The fraction of sp³-hybridized carbons (Fsp3) is 0.150. The maximum absolute atomic E-state index is 10.4. The lowest BCUT2D eigenvalue weighted by Gasteiger charge is -2.38. The van der Waals surface area contributed by atoms with Crippen molar-refractivity contribution in [3.63, 3.8) is 0 Å². The molecule has 2 aromatic carbocycles. The number of hydrazone groups is 1. The van der Waals surface area contributed by atoms with Gasteiger partial charge < -0.3 is 20.1 Å². The Labute approximate surface area is 159 Å². The third-order valence-corrected chi connectivity index (χ3v) is 5.85. The largest absolute Gasteiger partial charge is 0.504 e. The van der Waals surface area contributed by atoms with Gasteiger partial charge in [0.25, 0.3) is 0 Å². The quantitative estimate of drug-likeness (QED) is 0.583. The number of phenols is 3. The van der Waals surface area contributed by atoms with E-state index in [0.717, 1.165) is 28.3 Å². The summed E-state index contributed by atoms with van der Waals surface area (Å²) in [5, 5.41) is 38.6. The van der Waals surface area contributed by atoms with Gasteiger partial charge in [0.1, 0.15) is 5.75 Å². The first-order valence-electron chi connectivity index (χ1n) is 8.52. The molecule has 0 amide bonds. The van der Waals surface area contributed by atoms with E-state index in [0.29, 0.717) is 5.56 Å². The second kappa shape index (κ2) is 5.92. The van der Waals surface area contributed by atoms with Crippen LogP contribution in [0, 0.1) is 0 Å². The zero-order valence-corrected chi connectivity index (χ0v) is 14.9. The van der Waals surface area contributed by atoms with E-state index in [2.05, 4.69) is 0 Å². The van der Waals surface area contributed by atoms with Crippen molar-refractivity contribution in [2.75, 3.05) is 0 Å². The molecule has 0 fully saturated rings. The molecule has 2 aliphatic rings. The van der Waals surface area contributed by atoms with Gasteiger partial charge in [-0.25, -0.2) is 5.01 Å². The van der Waals surface area contributed by atoms with E-state index in [9.17, 15) is 15.3 Å². The van der Waals surface area contributed by atoms with Gasteiger partial charge in [-0.2, -0.15) is 5.10 Å². The summed E-state index contributed by atoms with van der Waals surface area (Å²) in [6, 6.07) is 14.6. The highest BCUT2D eigenvalue weighted by Gasteiger charge is 2.42. The maximum Gasteiger partial charge on any atom is 0.217 e. The van der Waals surface area contributed by atoms with Crippen molar-refractivity contribution < 1.29 is 20.1 Å². The Kier molecular flexibility index (Phi) is 3.51. The number of thiophene rings is 1. The van der Waals surface area contributed by atoms with E-state index in [1.807, 2.05) is 46.8 Å². The van der Waals surface area contributed by atoms with Gasteiger partial charge in [-0.3, -0.25) is 0 Å². The minimum atomic E-state index is -0.714. The minimum Gasteiger partial charge on any atom is -0.504 e. The molecule has 0 saturated heterocycles. The van der Waals surface area contributed by atoms with E-state index in [1.165, 1.54) is 6.07 Å². The first-order chi connectivity index (χ1) is 13.1. The van der Waals surface area contributed by atoms with Crippen LogP contribution in [-0.4, -0.2) is 26.0 Å². The molecule has 0 radical (unpaired) electrons. The molecule has 3 N–H and O–H groups in total. The van der Waals surface area contributed by atoms with Crippen molar-refractivity contribution in [2.45, 2.75) is 18.7 Å². The van der Waals surface area contributed by atoms with Crippen molar-refractivity contribution in [1.82, 2.24) is 5.01 Å². The smallest absolute Gasteiger partial charge is 0.217 e. The number of rotatable bonds is 2. The minimum absolute atomic E-state index is 0.0348. The molecular weight excluding hydrogens is 364 g/mol. The molecular formula is C20H16N2O4S. The number of fused-ring (bicyclic) bond motifs is 3. The van der Waals surface area contributed by atoms with Crippen LogP contribution in [0.3, 0.4) is 0 Å². The molecule has 3 aromatic rings. The zero-order chi connectivity index (χ0) is 18.5. The van der Waals surface area contributed by atoms with Crippen LogP contribution in [0.1, 0.15) is 34.7 Å². The fourth-order valence-electron chi connectivity index (χ4n) is 3.61. The van der Waals surface area contributed by atoms with Crippen LogP contribution in [0.2, 0.25) is 0 Å². The Morgan fingerprint density at radius 2 is 1.81 bits per heavy atom. The number of aromatic hydroxyl groups is 3. The van der Waals surface area contributed by atoms with Gasteiger partial charge in [0, 0.05) is 12.0 Å². The van der Waals surface area contributed by atoms with Crippen molar-refractivity contribution in [1.29, 1.82) is 0 Å². The van der Waals surface area contributed by atoms with Gasteiger partial charge in [-0.1, -0.05) is 24.3 Å². The predicted molar refractivity (Wildman–Crippen MR) is 101 cm³/mol. The van der Waals surface area contributed by atoms with Gasteiger partial charge >= 0.3 is 0 Å². The molecule has 5 rings (SSSR count). The molecule has 136 valence electrons. The van der Waals surface area contributed by atoms with Crippen LogP contribution in [0.4, 0.5) is 0 Å². The van der Waals surface area contributed by atoms with Gasteiger partial charge in [0.15, 0.2) is 11.5 Å². The molecule has 3 heterocycles. The summed E-state index contributed by atoms with van der Waals surface area (Å²) < 4.78 is 6.14. The van der Waals surface area contributed by atoms with Crippen LogP contribution in [0.5, 0.6) is 23.0 Å². The van der Waals surface area contributed by atoms with E-state index in [4.69, 9.17) is 9.84 Å². The molecule has 1 aromatic heterocycles. The average molecular weight is 380 g/mol. The second-order valence-electron chi connectivity index (χ2n) is 6.50. The number of hydrogen-bond donors (Lipinski definition) is 3. The van der Waals surface area contributed by atoms with E-state index < -0.39 is 17.7 Å². The highest BCUT2D eigenvalue weighted by molar-refractivity contribution is 7.12. The van der Waals surface area contributed by atoms with E-state index in [-0.39, 0.29) is 11.8 Å². The number of para-hydroxylation sites is 1. The molecule has 2 atom stereocenters. The molecule has 6 nitrogen and oxygen atoms in total. The molecule has 0 unspecified atom stereocenters. The number of hydrogen-bond acceptors (Lipinski definition) is 7. The molecule has 0 aliphatic carbocycles. The molecule has 0 bridgehead atoms. The summed E-state index contributed by atoms with van der Waals surface area (Å²) in [5.74, 6) is -0.627. The second-order valence-corrected chi connectivity index (χ2v) is 7.45. The molecule has 2 aliphatic heterocycles. The summed E-state index contributed by atoms with van der Waals surface area (Å²) in [7, 11) is 0. The lowest BCUT2D eigenvalue weighted by atomic mass is 9.97. The fourth-order valence-corrected chi connectivity index (χ4v) is 4.34. The molecule has 0 saturated carbocycles. The maximum atomic E-state index is 10.4. The predicted octanol–water partition coefficient (Wildman–Crippen LogP) is 4.11. The average Bonchev–Trinajstić information content (AvgIpc) is 3.35. The Balaban J connectivity index is 1.64. The van der Waals surface area contributed by atoms with Crippen LogP contribution < -0.4 is 4.74 Å². The topological polar surface area (TPSA) is 85.5 Å². The van der Waals surface area contributed by atoms with Gasteiger partial charge in [-0.15, -0.1) is 11.3 Å². The Bertz CT molecular complexity index is 1050. The standard InChI is InChI=1S/C20H16N2O4S/c23-15-8-7-12(18(24)19(15)25)20-22-14(11-4-1-2-5-16(11)26-20)10-13(21-22)17-6-3-9-27-17/h1-9,14,20,23-25H,10H2/t14-,20+/m1/s1. The monoisotopic (exact) mass is 380 g/mol. The Morgan fingerprint density at radius 1 is 0.963 bits per heavy atom. The van der Waals surface area contributed by atoms with Crippen LogP contribution >= 0.6 is 11.3 Å². The summed E-state index contributed by atoms with van der Waals surface area (Å²) in [6.07, 6.45) is 0.0104. The van der Waals surface area contributed by atoms with Crippen LogP contribution in [0.15, 0.2) is 59.0 Å². The number of nitrogens with zero attached hydrogens (tertiary/aromatic N) is 2. The zero-order valence-electron chi connectivity index (χ0n) is 14.1. The SMILES string of the molecule is Oc1ccc([C@@H]2Oc3ccccc3[C@H]3CC(c4cccs4)=NN32)c(O)c1O. The van der Waals surface area contributed by atoms with Crippen LogP contribution in [0.25, 0.3) is 0 Å². The summed E-state index contributed by atoms with van der Waals surface area (Å²) in [5.41, 5.74) is 2.34. The molecule has 0 spiro atoms. The van der Waals surface area contributed by atoms with Gasteiger partial charge in [-0.05, 0) is 29.6 Å². The summed E-state index contributed by atoms with van der Waals surface area (Å²) in [4.78, 5) is 1.10. The molecule has 7 heteroatoms. The van der Waals surface area contributed by atoms with Crippen molar-refractivity contribution in [2.24, 2.45) is 5.10 Å². The Hall–Kier alpha value is -3.19. The summed E-state index contributed by atoms with van der Waals surface area (Å²) >= 11 is 1.63. The third-order valence-electron chi connectivity index (χ3n) is 4.93. The van der Waals surface area contributed by atoms with Crippen LogP contribution in [-0.2, 0) is 0 Å². The van der Waals surface area contributed by atoms with Crippen molar-refractivity contribution in [3.05, 3.63) is 69.9 Å². The van der Waals surface area contributed by atoms with Gasteiger partial charge in [0.2, 0.25) is 12.0 Å². The van der Waals surface area contributed by atoms with Crippen molar-refractivity contribution >= 4 is 17.0 Å².